The Morgan fingerprint density at radius 3 is 2.76 bits per heavy atom. The van der Waals surface area contributed by atoms with Crippen molar-refractivity contribution >= 4 is 5.78 Å². The zero-order chi connectivity index (χ0) is 14.8. The van der Waals surface area contributed by atoms with Crippen LogP contribution < -0.4 is 0 Å². The van der Waals surface area contributed by atoms with Crippen molar-refractivity contribution in [3.8, 4) is 0 Å². The Morgan fingerprint density at radius 2 is 1.95 bits per heavy atom. The smallest absolute Gasteiger partial charge is 0.139 e. The first kappa shape index (κ1) is 14.0. The molecule has 4 aliphatic carbocycles. The molecule has 0 spiro atoms. The summed E-state index contributed by atoms with van der Waals surface area (Å²) in [7, 11) is 0. The highest BCUT2D eigenvalue weighted by atomic mass is 16.1. The monoisotopic (exact) mass is 286 g/mol. The molecule has 0 radical (unpaired) electrons. The van der Waals surface area contributed by atoms with Crippen molar-refractivity contribution in [2.45, 2.75) is 72.1 Å². The summed E-state index contributed by atoms with van der Waals surface area (Å²) >= 11 is 0. The molecule has 6 atom stereocenters. The average molecular weight is 286 g/mol. The van der Waals surface area contributed by atoms with Crippen LogP contribution in [0.4, 0.5) is 0 Å². The van der Waals surface area contributed by atoms with Gasteiger partial charge in [-0.1, -0.05) is 38.8 Å². The van der Waals surface area contributed by atoms with E-state index in [4.69, 9.17) is 0 Å². The highest BCUT2D eigenvalue weighted by molar-refractivity contribution is 5.87. The summed E-state index contributed by atoms with van der Waals surface area (Å²) in [6.45, 7) is 7.31. The maximum absolute atomic E-state index is 12.5. The van der Waals surface area contributed by atoms with E-state index in [1.54, 1.807) is 5.57 Å². The molecule has 4 aliphatic rings. The van der Waals surface area contributed by atoms with Gasteiger partial charge in [-0.25, -0.2) is 0 Å². The third-order valence-corrected chi connectivity index (χ3v) is 7.97. The molecule has 0 aromatic rings. The van der Waals surface area contributed by atoms with Crippen molar-refractivity contribution in [2.75, 3.05) is 0 Å². The Hall–Kier alpha value is -0.590. The van der Waals surface area contributed by atoms with Gasteiger partial charge in [0.15, 0.2) is 0 Å². The minimum Gasteiger partial charge on any atom is -0.299 e. The van der Waals surface area contributed by atoms with E-state index in [2.05, 4.69) is 26.8 Å². The van der Waals surface area contributed by atoms with Crippen LogP contribution in [0.1, 0.15) is 72.1 Å². The van der Waals surface area contributed by atoms with Crippen molar-refractivity contribution < 1.29 is 4.79 Å². The van der Waals surface area contributed by atoms with E-state index in [0.717, 1.165) is 24.7 Å². The number of allylic oxidation sites excluding steroid dienone is 2. The highest BCUT2D eigenvalue weighted by Crippen LogP contribution is 2.65. The summed E-state index contributed by atoms with van der Waals surface area (Å²) in [6, 6.07) is 0. The summed E-state index contributed by atoms with van der Waals surface area (Å²) in [5.74, 6) is 3.56. The van der Waals surface area contributed by atoms with Crippen molar-refractivity contribution in [2.24, 2.45) is 34.5 Å². The minimum atomic E-state index is 0.0109. The zero-order valence-corrected chi connectivity index (χ0v) is 14.0. The van der Waals surface area contributed by atoms with Crippen LogP contribution in [0.2, 0.25) is 0 Å². The predicted molar refractivity (Wildman–Crippen MR) is 85.9 cm³/mol. The molecule has 0 N–H and O–H groups in total. The lowest BCUT2D eigenvalue weighted by atomic mass is 9.45. The molecule has 3 fully saturated rings. The first-order valence-electron chi connectivity index (χ1n) is 9.19. The minimum absolute atomic E-state index is 0.0109. The van der Waals surface area contributed by atoms with Crippen LogP contribution in [0, 0.1) is 34.5 Å². The number of carbonyl (C=O) groups is 1. The molecular weight excluding hydrogens is 256 g/mol. The third-order valence-electron chi connectivity index (χ3n) is 7.97. The fraction of sp³-hybridized carbons (Fsp3) is 0.850. The Labute approximate surface area is 129 Å². The Bertz CT molecular complexity index is 504. The SMILES string of the molecule is CC1C[C@]2(C)C(=O)CC[C@H]2[C@@H]2CC=C3CCCC[C@]3(C)[C@H]12. The van der Waals surface area contributed by atoms with E-state index in [9.17, 15) is 4.79 Å². The van der Waals surface area contributed by atoms with Gasteiger partial charge in [-0.05, 0) is 67.6 Å². The molecule has 0 bridgehead atoms. The van der Waals surface area contributed by atoms with E-state index >= 15 is 0 Å². The van der Waals surface area contributed by atoms with Gasteiger partial charge in [-0.2, -0.15) is 0 Å². The number of hydrogen-bond acceptors (Lipinski definition) is 1. The van der Waals surface area contributed by atoms with Gasteiger partial charge < -0.3 is 0 Å². The van der Waals surface area contributed by atoms with Crippen LogP contribution in [-0.2, 0) is 4.79 Å². The second kappa shape index (κ2) is 4.46. The molecule has 0 aromatic carbocycles. The van der Waals surface area contributed by atoms with E-state index in [-0.39, 0.29) is 5.41 Å². The van der Waals surface area contributed by atoms with Crippen LogP contribution in [0.25, 0.3) is 0 Å². The fourth-order valence-corrected chi connectivity index (χ4v) is 7.18. The van der Waals surface area contributed by atoms with E-state index in [0.29, 0.717) is 23.0 Å². The maximum Gasteiger partial charge on any atom is 0.139 e. The number of carbonyl (C=O) groups excluding carboxylic acids is 1. The van der Waals surface area contributed by atoms with Gasteiger partial charge >= 0.3 is 0 Å². The lowest BCUT2D eigenvalue weighted by molar-refractivity contribution is -0.135. The molecule has 116 valence electrons. The Morgan fingerprint density at radius 1 is 1.14 bits per heavy atom. The lowest BCUT2D eigenvalue weighted by Crippen LogP contribution is -2.53. The molecule has 1 unspecified atom stereocenters. The van der Waals surface area contributed by atoms with Gasteiger partial charge in [-0.3, -0.25) is 4.79 Å². The molecule has 1 nitrogen and oxygen atoms in total. The van der Waals surface area contributed by atoms with Gasteiger partial charge in [0.2, 0.25) is 0 Å². The molecule has 1 heteroatoms. The van der Waals surface area contributed by atoms with Crippen LogP contribution in [0.5, 0.6) is 0 Å². The van der Waals surface area contributed by atoms with Crippen molar-refractivity contribution in [1.82, 2.24) is 0 Å². The molecule has 0 heterocycles. The Balaban J connectivity index is 1.76. The fourth-order valence-electron chi connectivity index (χ4n) is 7.18. The van der Waals surface area contributed by atoms with E-state index in [1.165, 1.54) is 38.5 Å². The topological polar surface area (TPSA) is 17.1 Å². The van der Waals surface area contributed by atoms with Gasteiger partial charge in [0.05, 0.1) is 0 Å². The second-order valence-corrected chi connectivity index (χ2v) is 8.95. The standard InChI is InChI=1S/C20H30O/c1-13-12-20(3)16(9-10-17(20)21)15-8-7-14-6-4-5-11-19(14,2)18(13)15/h7,13,15-16,18H,4-6,8-12H2,1-3H3/t13?,15-,16-,18+,19-,20-/m0/s1. The first-order chi connectivity index (χ1) is 9.97. The summed E-state index contributed by atoms with van der Waals surface area (Å²) in [4.78, 5) is 12.5. The largest absolute Gasteiger partial charge is 0.299 e. The molecule has 3 saturated carbocycles. The number of rotatable bonds is 0. The third kappa shape index (κ3) is 1.72. The predicted octanol–water partition coefficient (Wildman–Crippen LogP) is 5.15. The molecule has 0 aliphatic heterocycles. The Kier molecular flexibility index (Phi) is 2.98. The molecule has 4 rings (SSSR count). The second-order valence-electron chi connectivity index (χ2n) is 8.95. The lowest BCUT2D eigenvalue weighted by Gasteiger charge is -2.59. The number of Topliss-reactive ketones (excluding diaryl/α,β-unsaturated/α-hetero) is 1. The van der Waals surface area contributed by atoms with Gasteiger partial charge in [0.25, 0.3) is 0 Å². The maximum atomic E-state index is 12.5. The molecule has 0 aromatic heterocycles. The molecular formula is C20H30O. The quantitative estimate of drug-likeness (QED) is 0.562. The highest BCUT2D eigenvalue weighted by Gasteiger charge is 2.60. The van der Waals surface area contributed by atoms with E-state index < -0.39 is 0 Å². The van der Waals surface area contributed by atoms with Crippen LogP contribution in [-0.4, -0.2) is 5.78 Å². The zero-order valence-electron chi connectivity index (χ0n) is 14.0. The van der Waals surface area contributed by atoms with Crippen LogP contribution in [0.3, 0.4) is 0 Å². The van der Waals surface area contributed by atoms with Gasteiger partial charge in [0.1, 0.15) is 5.78 Å². The summed E-state index contributed by atoms with van der Waals surface area (Å²) in [6.07, 6.45) is 12.6. The molecule has 21 heavy (non-hydrogen) atoms. The summed E-state index contributed by atoms with van der Waals surface area (Å²) in [5, 5.41) is 0. The summed E-state index contributed by atoms with van der Waals surface area (Å²) in [5.41, 5.74) is 2.24. The molecule has 0 amide bonds. The number of hydrogen-bond donors (Lipinski definition) is 0. The summed E-state index contributed by atoms with van der Waals surface area (Å²) < 4.78 is 0. The van der Waals surface area contributed by atoms with Crippen molar-refractivity contribution in [3.63, 3.8) is 0 Å². The number of ketones is 1. The molecule has 0 saturated heterocycles. The van der Waals surface area contributed by atoms with Crippen molar-refractivity contribution in [3.05, 3.63) is 11.6 Å². The van der Waals surface area contributed by atoms with Gasteiger partial charge in [0, 0.05) is 11.8 Å². The first-order valence-corrected chi connectivity index (χ1v) is 9.19. The normalized spacial score (nSPS) is 52.7. The van der Waals surface area contributed by atoms with Crippen molar-refractivity contribution in [1.29, 1.82) is 0 Å². The van der Waals surface area contributed by atoms with E-state index in [1.807, 2.05) is 0 Å². The van der Waals surface area contributed by atoms with Gasteiger partial charge in [-0.15, -0.1) is 0 Å². The van der Waals surface area contributed by atoms with Crippen LogP contribution in [0.15, 0.2) is 11.6 Å². The average Bonchev–Trinajstić information content (AvgIpc) is 2.73. The van der Waals surface area contributed by atoms with Crippen LogP contribution >= 0.6 is 0 Å². The number of fused-ring (bicyclic) bond motifs is 5.